The van der Waals surface area contributed by atoms with E-state index in [1.807, 2.05) is 6.92 Å². The van der Waals surface area contributed by atoms with Crippen molar-refractivity contribution in [3.8, 4) is 0 Å². The lowest BCUT2D eigenvalue weighted by Crippen LogP contribution is -2.43. The van der Waals surface area contributed by atoms with Crippen molar-refractivity contribution in [3.63, 3.8) is 0 Å². The summed E-state index contributed by atoms with van der Waals surface area (Å²) in [4.78, 5) is 29.9. The van der Waals surface area contributed by atoms with Gasteiger partial charge < -0.3 is 16.0 Å². The van der Waals surface area contributed by atoms with Crippen LogP contribution >= 0.6 is 0 Å². The first kappa shape index (κ1) is 21.7. The van der Waals surface area contributed by atoms with Gasteiger partial charge in [-0.05, 0) is 38.2 Å². The van der Waals surface area contributed by atoms with Gasteiger partial charge in [-0.15, -0.1) is 0 Å². The predicted octanol–water partition coefficient (Wildman–Crippen LogP) is 2.37. The molecule has 0 radical (unpaired) electrons. The molecule has 0 aliphatic carbocycles. The topological polar surface area (TPSA) is 85.8 Å². The minimum Gasteiger partial charge on any atom is -0.356 e. The molecule has 1 heterocycles. The van der Waals surface area contributed by atoms with Gasteiger partial charge in [0.2, 0.25) is 0 Å². The van der Waals surface area contributed by atoms with Crippen molar-refractivity contribution < 1.29 is 9.59 Å². The highest BCUT2D eigenvalue weighted by molar-refractivity contribution is 6.06. The van der Waals surface area contributed by atoms with Crippen LogP contribution in [0, 0.1) is 6.92 Å². The van der Waals surface area contributed by atoms with Crippen molar-refractivity contribution in [2.45, 2.75) is 52.0 Å². The lowest BCUT2D eigenvalue weighted by Gasteiger charge is -2.19. The zero-order chi connectivity index (χ0) is 20.7. The molecule has 1 aliphatic rings. The maximum Gasteiger partial charge on any atom is 0.325 e. The Hall–Kier alpha value is -2.57. The number of nitrogens with zero attached hydrogens (tertiary/aromatic N) is 2. The number of benzene rings is 1. The number of hydrogen-bond acceptors (Lipinski definition) is 3. The molecule has 28 heavy (non-hydrogen) atoms. The number of imide groups is 1. The second-order valence-electron chi connectivity index (χ2n) is 7.62. The molecule has 0 saturated carbocycles. The standard InChI is InChI=1S/C21H33N5O2/c1-6-21(4)18(27)26(20(28)25-21)12-8-11-23-19(22-5)24-14-16(3)17-10-7-9-15(2)13-17/h7,9-10,13,16H,6,8,11-12,14H2,1-5H3,(H,25,28)(H2,22,23,24). The van der Waals surface area contributed by atoms with Gasteiger partial charge in [-0.2, -0.15) is 0 Å². The Morgan fingerprint density at radius 1 is 1.32 bits per heavy atom. The molecule has 3 amide bonds. The molecule has 3 N–H and O–H groups in total. The van der Waals surface area contributed by atoms with Crippen molar-refractivity contribution in [1.29, 1.82) is 0 Å². The predicted molar refractivity (Wildman–Crippen MR) is 113 cm³/mol. The minimum absolute atomic E-state index is 0.144. The van der Waals surface area contributed by atoms with Crippen LogP contribution in [-0.2, 0) is 4.79 Å². The largest absolute Gasteiger partial charge is 0.356 e. The number of amides is 3. The molecule has 1 aromatic carbocycles. The lowest BCUT2D eigenvalue weighted by atomic mass is 9.99. The number of carbonyl (C=O) groups is 2. The highest BCUT2D eigenvalue weighted by Gasteiger charge is 2.45. The van der Waals surface area contributed by atoms with Crippen molar-refractivity contribution in [3.05, 3.63) is 35.4 Å². The Labute approximate surface area is 168 Å². The number of nitrogens with one attached hydrogen (secondary N) is 3. The first-order valence-corrected chi connectivity index (χ1v) is 9.96. The van der Waals surface area contributed by atoms with Gasteiger partial charge in [0.1, 0.15) is 5.54 Å². The number of guanidine groups is 1. The summed E-state index contributed by atoms with van der Waals surface area (Å²) in [6.45, 7) is 9.73. The maximum absolute atomic E-state index is 12.4. The average Bonchev–Trinajstić information content (AvgIpc) is 2.90. The van der Waals surface area contributed by atoms with E-state index >= 15 is 0 Å². The molecule has 1 aromatic rings. The van der Waals surface area contributed by atoms with Gasteiger partial charge >= 0.3 is 6.03 Å². The molecule has 0 aromatic heterocycles. The van der Waals surface area contributed by atoms with Crippen LogP contribution in [0.1, 0.15) is 50.7 Å². The summed E-state index contributed by atoms with van der Waals surface area (Å²) in [6, 6.07) is 8.21. The van der Waals surface area contributed by atoms with Crippen LogP contribution < -0.4 is 16.0 Å². The quantitative estimate of drug-likeness (QED) is 0.277. The summed E-state index contributed by atoms with van der Waals surface area (Å²) in [5, 5.41) is 9.35. The number of rotatable bonds is 8. The summed E-state index contributed by atoms with van der Waals surface area (Å²) in [7, 11) is 1.73. The van der Waals surface area contributed by atoms with E-state index in [0.29, 0.717) is 31.8 Å². The van der Waals surface area contributed by atoms with Crippen LogP contribution in [0.3, 0.4) is 0 Å². The molecule has 2 atom stereocenters. The fraction of sp³-hybridized carbons (Fsp3) is 0.571. The van der Waals surface area contributed by atoms with Crippen molar-refractivity contribution >= 4 is 17.9 Å². The lowest BCUT2D eigenvalue weighted by molar-refractivity contribution is -0.130. The van der Waals surface area contributed by atoms with Crippen LogP contribution in [0.4, 0.5) is 4.79 Å². The van der Waals surface area contributed by atoms with Crippen LogP contribution in [0.25, 0.3) is 0 Å². The summed E-state index contributed by atoms with van der Waals surface area (Å²) in [5.41, 5.74) is 1.78. The van der Waals surface area contributed by atoms with E-state index < -0.39 is 5.54 Å². The Morgan fingerprint density at radius 2 is 2.07 bits per heavy atom. The van der Waals surface area contributed by atoms with Crippen molar-refractivity contribution in [1.82, 2.24) is 20.9 Å². The van der Waals surface area contributed by atoms with E-state index in [2.05, 4.69) is 59.1 Å². The van der Waals surface area contributed by atoms with Crippen LogP contribution in [-0.4, -0.2) is 55.0 Å². The fourth-order valence-corrected chi connectivity index (χ4v) is 3.20. The highest BCUT2D eigenvalue weighted by atomic mass is 16.2. The van der Waals surface area contributed by atoms with Crippen LogP contribution in [0.2, 0.25) is 0 Å². The van der Waals surface area contributed by atoms with Crippen LogP contribution in [0.15, 0.2) is 29.3 Å². The summed E-state index contributed by atoms with van der Waals surface area (Å²) in [5.74, 6) is 0.931. The van der Waals surface area contributed by atoms with Gasteiger partial charge in [-0.25, -0.2) is 4.79 Å². The second kappa shape index (κ2) is 9.57. The molecule has 1 aliphatic heterocycles. The Kier molecular flexibility index (Phi) is 7.43. The van der Waals surface area contributed by atoms with Crippen molar-refractivity contribution in [2.75, 3.05) is 26.7 Å². The molecule has 1 fully saturated rings. The van der Waals surface area contributed by atoms with E-state index in [9.17, 15) is 9.59 Å². The number of aliphatic imine (C=N–C) groups is 1. The molecule has 154 valence electrons. The molecule has 7 nitrogen and oxygen atoms in total. The van der Waals surface area contributed by atoms with Crippen molar-refractivity contribution in [2.24, 2.45) is 4.99 Å². The third kappa shape index (κ3) is 5.24. The third-order valence-electron chi connectivity index (χ3n) is 5.31. The van der Waals surface area contributed by atoms with E-state index in [4.69, 9.17) is 0 Å². The summed E-state index contributed by atoms with van der Waals surface area (Å²) in [6.07, 6.45) is 1.25. The molecule has 7 heteroatoms. The van der Waals surface area contributed by atoms with E-state index in [0.717, 1.165) is 12.5 Å². The highest BCUT2D eigenvalue weighted by Crippen LogP contribution is 2.20. The first-order chi connectivity index (χ1) is 13.3. The Morgan fingerprint density at radius 3 is 2.68 bits per heavy atom. The molecule has 2 unspecified atom stereocenters. The Bertz CT molecular complexity index is 733. The maximum atomic E-state index is 12.4. The molecule has 0 spiro atoms. The zero-order valence-electron chi connectivity index (χ0n) is 17.6. The molecular weight excluding hydrogens is 354 g/mol. The number of carbonyl (C=O) groups excluding carboxylic acids is 2. The number of hydrogen-bond donors (Lipinski definition) is 3. The third-order valence-corrected chi connectivity index (χ3v) is 5.31. The van der Waals surface area contributed by atoms with Gasteiger partial charge in [-0.3, -0.25) is 14.7 Å². The summed E-state index contributed by atoms with van der Waals surface area (Å²) < 4.78 is 0. The van der Waals surface area contributed by atoms with Gasteiger partial charge in [0.05, 0.1) is 0 Å². The minimum atomic E-state index is -0.770. The van der Waals surface area contributed by atoms with E-state index in [1.54, 1.807) is 14.0 Å². The molecule has 1 saturated heterocycles. The second-order valence-corrected chi connectivity index (χ2v) is 7.62. The van der Waals surface area contributed by atoms with Crippen LogP contribution in [0.5, 0.6) is 0 Å². The molecular formula is C21H33N5O2. The van der Waals surface area contributed by atoms with Gasteiger partial charge in [0.15, 0.2) is 5.96 Å². The van der Waals surface area contributed by atoms with E-state index in [-0.39, 0.29) is 11.9 Å². The molecule has 0 bridgehead atoms. The monoisotopic (exact) mass is 387 g/mol. The smallest absolute Gasteiger partial charge is 0.325 e. The average molecular weight is 388 g/mol. The van der Waals surface area contributed by atoms with Gasteiger partial charge in [-0.1, -0.05) is 43.7 Å². The SMILES string of the molecule is CCC1(C)NC(=O)N(CCCNC(=NC)NCC(C)c2cccc(C)c2)C1=O. The van der Waals surface area contributed by atoms with Gasteiger partial charge in [0.25, 0.3) is 5.91 Å². The Balaban J connectivity index is 1.74. The zero-order valence-corrected chi connectivity index (χ0v) is 17.6. The number of urea groups is 1. The van der Waals surface area contributed by atoms with Gasteiger partial charge in [0, 0.05) is 26.7 Å². The summed E-state index contributed by atoms with van der Waals surface area (Å²) >= 11 is 0. The normalized spacial score (nSPS) is 20.9. The van der Waals surface area contributed by atoms with E-state index in [1.165, 1.54) is 16.0 Å². The molecule has 2 rings (SSSR count). The first-order valence-electron chi connectivity index (χ1n) is 9.96. The number of aryl methyl sites for hydroxylation is 1. The fourth-order valence-electron chi connectivity index (χ4n) is 3.20.